The highest BCUT2D eigenvalue weighted by Crippen LogP contribution is 2.32. The van der Waals surface area contributed by atoms with Gasteiger partial charge in [-0.25, -0.2) is 0 Å². The van der Waals surface area contributed by atoms with Crippen molar-refractivity contribution in [3.63, 3.8) is 0 Å². The summed E-state index contributed by atoms with van der Waals surface area (Å²) in [6.07, 6.45) is 7.66. The zero-order valence-corrected chi connectivity index (χ0v) is 13.1. The smallest absolute Gasteiger partial charge is 0.0624 e. The minimum Gasteiger partial charge on any atom is -0.314 e. The Labute approximate surface area is 126 Å². The van der Waals surface area contributed by atoms with Gasteiger partial charge in [-0.1, -0.05) is 61.5 Å². The number of hydrogen-bond acceptors (Lipinski definition) is 1. The zero-order chi connectivity index (χ0) is 13.7. The van der Waals surface area contributed by atoms with Crippen molar-refractivity contribution in [2.45, 2.75) is 51.5 Å². The van der Waals surface area contributed by atoms with Crippen molar-refractivity contribution in [1.82, 2.24) is 5.32 Å². The molecule has 0 heterocycles. The van der Waals surface area contributed by atoms with Crippen LogP contribution in [0.5, 0.6) is 0 Å². The predicted molar refractivity (Wildman–Crippen MR) is 84.2 cm³/mol. The lowest BCUT2D eigenvalue weighted by atomic mass is 9.88. The monoisotopic (exact) mass is 299 g/mol. The Morgan fingerprint density at radius 2 is 1.95 bits per heavy atom. The Morgan fingerprint density at radius 3 is 2.74 bits per heavy atom. The molecule has 3 heteroatoms. The number of nitrogens with one attached hydrogen (secondary N) is 1. The molecule has 1 aromatic rings. The third-order valence-corrected chi connectivity index (χ3v) is 5.00. The molecule has 0 amide bonds. The van der Waals surface area contributed by atoms with Gasteiger partial charge < -0.3 is 5.32 Å². The second kappa shape index (κ2) is 7.52. The molecule has 1 aliphatic rings. The standard InChI is InChI=1S/C16H23Cl2N/c1-2-19-15-10-5-3-4-7-12(15)11-13-8-6-9-14(17)16(13)18/h6,8-9,12,15,19H,2-5,7,10-11H2,1H3. The van der Waals surface area contributed by atoms with Gasteiger partial charge in [0.1, 0.15) is 0 Å². The van der Waals surface area contributed by atoms with Gasteiger partial charge in [0.15, 0.2) is 0 Å². The summed E-state index contributed by atoms with van der Waals surface area (Å²) in [6, 6.07) is 6.61. The second-order valence-electron chi connectivity index (χ2n) is 5.48. The molecule has 2 rings (SSSR count). The summed E-state index contributed by atoms with van der Waals surface area (Å²) in [5, 5.41) is 5.07. The van der Waals surface area contributed by atoms with E-state index in [1.165, 1.54) is 37.7 Å². The summed E-state index contributed by atoms with van der Waals surface area (Å²) in [4.78, 5) is 0. The summed E-state index contributed by atoms with van der Waals surface area (Å²) in [6.45, 7) is 3.23. The minimum absolute atomic E-state index is 0.627. The first-order valence-corrected chi connectivity index (χ1v) is 8.14. The summed E-state index contributed by atoms with van der Waals surface area (Å²) < 4.78 is 0. The predicted octanol–water partition coefficient (Wildman–Crippen LogP) is 5.09. The van der Waals surface area contributed by atoms with E-state index in [-0.39, 0.29) is 0 Å². The molecule has 0 radical (unpaired) electrons. The van der Waals surface area contributed by atoms with Gasteiger partial charge in [0.2, 0.25) is 0 Å². The van der Waals surface area contributed by atoms with Crippen molar-refractivity contribution in [3.05, 3.63) is 33.8 Å². The molecule has 0 aliphatic heterocycles. The van der Waals surface area contributed by atoms with Gasteiger partial charge in [-0.3, -0.25) is 0 Å². The first kappa shape index (κ1) is 15.2. The second-order valence-corrected chi connectivity index (χ2v) is 6.26. The summed E-state index contributed by atoms with van der Waals surface area (Å²) in [5.74, 6) is 0.679. The molecule has 0 aromatic heterocycles. The average molecular weight is 300 g/mol. The molecule has 2 atom stereocenters. The first-order chi connectivity index (χ1) is 9.22. The molecule has 0 saturated heterocycles. The van der Waals surface area contributed by atoms with Gasteiger partial charge in [-0.2, -0.15) is 0 Å². The van der Waals surface area contributed by atoms with Crippen molar-refractivity contribution >= 4 is 23.2 Å². The minimum atomic E-state index is 0.627. The van der Waals surface area contributed by atoms with Crippen LogP contribution in [0.1, 0.15) is 44.6 Å². The number of hydrogen-bond donors (Lipinski definition) is 1. The van der Waals surface area contributed by atoms with Gasteiger partial charge in [0.05, 0.1) is 10.0 Å². The summed E-state index contributed by atoms with van der Waals surface area (Å²) in [5.41, 5.74) is 1.20. The Bertz CT molecular complexity index is 406. The van der Waals surface area contributed by atoms with E-state index in [9.17, 15) is 0 Å². The third kappa shape index (κ3) is 4.11. The van der Waals surface area contributed by atoms with Crippen LogP contribution in [0.2, 0.25) is 10.0 Å². The van der Waals surface area contributed by atoms with E-state index in [1.807, 2.05) is 12.1 Å². The van der Waals surface area contributed by atoms with E-state index in [1.54, 1.807) is 0 Å². The Balaban J connectivity index is 2.11. The van der Waals surface area contributed by atoms with Gasteiger partial charge in [-0.15, -0.1) is 0 Å². The van der Waals surface area contributed by atoms with Gasteiger partial charge in [0.25, 0.3) is 0 Å². The number of benzene rings is 1. The fourth-order valence-corrected chi connectivity index (χ4v) is 3.55. The topological polar surface area (TPSA) is 12.0 Å². The number of rotatable bonds is 4. The fourth-order valence-electron chi connectivity index (χ4n) is 3.15. The SMILES string of the molecule is CCNC1CCCCCC1Cc1cccc(Cl)c1Cl. The average Bonchev–Trinajstić information content (AvgIpc) is 2.62. The van der Waals surface area contributed by atoms with Crippen LogP contribution in [0.25, 0.3) is 0 Å². The van der Waals surface area contributed by atoms with Crippen LogP contribution in [-0.2, 0) is 6.42 Å². The van der Waals surface area contributed by atoms with Crippen molar-refractivity contribution in [3.8, 4) is 0 Å². The molecule has 1 aliphatic carbocycles. The summed E-state index contributed by atoms with van der Waals surface area (Å²) >= 11 is 12.4. The molecule has 1 saturated carbocycles. The van der Waals surface area contributed by atoms with E-state index in [0.717, 1.165) is 18.0 Å². The van der Waals surface area contributed by atoms with E-state index >= 15 is 0 Å². The maximum Gasteiger partial charge on any atom is 0.0624 e. The Kier molecular flexibility index (Phi) is 6.00. The van der Waals surface area contributed by atoms with Crippen LogP contribution in [0.15, 0.2) is 18.2 Å². The van der Waals surface area contributed by atoms with E-state index in [4.69, 9.17) is 23.2 Å². The molecule has 106 valence electrons. The molecular weight excluding hydrogens is 277 g/mol. The molecule has 0 spiro atoms. The van der Waals surface area contributed by atoms with Gasteiger partial charge in [-0.05, 0) is 43.4 Å². The molecule has 0 bridgehead atoms. The van der Waals surface area contributed by atoms with Crippen LogP contribution in [-0.4, -0.2) is 12.6 Å². The van der Waals surface area contributed by atoms with Gasteiger partial charge in [0, 0.05) is 6.04 Å². The Morgan fingerprint density at radius 1 is 1.16 bits per heavy atom. The van der Waals surface area contributed by atoms with Gasteiger partial charge >= 0.3 is 0 Å². The first-order valence-electron chi connectivity index (χ1n) is 7.38. The van der Waals surface area contributed by atoms with Crippen molar-refractivity contribution in [2.75, 3.05) is 6.54 Å². The maximum absolute atomic E-state index is 6.33. The fraction of sp³-hybridized carbons (Fsp3) is 0.625. The van der Waals surface area contributed by atoms with Crippen LogP contribution in [0, 0.1) is 5.92 Å². The lowest BCUT2D eigenvalue weighted by molar-refractivity contribution is 0.337. The highest BCUT2D eigenvalue weighted by molar-refractivity contribution is 6.42. The Hall–Kier alpha value is -0.240. The molecule has 1 aromatic carbocycles. The quantitative estimate of drug-likeness (QED) is 0.763. The molecular formula is C16H23Cl2N. The van der Waals surface area contributed by atoms with Crippen molar-refractivity contribution in [2.24, 2.45) is 5.92 Å². The van der Waals surface area contributed by atoms with E-state index < -0.39 is 0 Å². The zero-order valence-electron chi connectivity index (χ0n) is 11.6. The highest BCUT2D eigenvalue weighted by atomic mass is 35.5. The van der Waals surface area contributed by atoms with Crippen molar-refractivity contribution in [1.29, 1.82) is 0 Å². The van der Waals surface area contributed by atoms with Crippen LogP contribution >= 0.6 is 23.2 Å². The molecule has 1 nitrogen and oxygen atoms in total. The van der Waals surface area contributed by atoms with Crippen LogP contribution < -0.4 is 5.32 Å². The molecule has 2 unspecified atom stereocenters. The highest BCUT2D eigenvalue weighted by Gasteiger charge is 2.24. The molecule has 19 heavy (non-hydrogen) atoms. The molecule has 1 N–H and O–H groups in total. The normalized spacial score (nSPS) is 24.2. The lowest BCUT2D eigenvalue weighted by Crippen LogP contribution is -2.36. The third-order valence-electron chi connectivity index (χ3n) is 4.14. The lowest BCUT2D eigenvalue weighted by Gasteiger charge is -2.26. The maximum atomic E-state index is 6.33. The molecule has 1 fully saturated rings. The van der Waals surface area contributed by atoms with Crippen LogP contribution in [0.3, 0.4) is 0 Å². The van der Waals surface area contributed by atoms with E-state index in [2.05, 4.69) is 18.3 Å². The summed E-state index contributed by atoms with van der Waals surface area (Å²) in [7, 11) is 0. The number of halogens is 2. The van der Waals surface area contributed by atoms with E-state index in [0.29, 0.717) is 17.0 Å². The van der Waals surface area contributed by atoms with Crippen molar-refractivity contribution < 1.29 is 0 Å². The van der Waals surface area contributed by atoms with Crippen LogP contribution in [0.4, 0.5) is 0 Å². The largest absolute Gasteiger partial charge is 0.314 e.